The van der Waals surface area contributed by atoms with Gasteiger partial charge in [0.25, 0.3) is 0 Å². The van der Waals surface area contributed by atoms with E-state index < -0.39 is 0 Å². The van der Waals surface area contributed by atoms with Crippen molar-refractivity contribution in [1.29, 1.82) is 0 Å². The number of hydrogen-bond donors (Lipinski definition) is 0. The van der Waals surface area contributed by atoms with Gasteiger partial charge in [-0.15, -0.1) is 11.8 Å². The summed E-state index contributed by atoms with van der Waals surface area (Å²) in [5.41, 5.74) is 6.05. The second-order valence-corrected chi connectivity index (χ2v) is 10.6. The zero-order valence-corrected chi connectivity index (χ0v) is 19.7. The highest BCUT2D eigenvalue weighted by Gasteiger charge is 2.31. The monoisotopic (exact) mass is 406 g/mol. The van der Waals surface area contributed by atoms with Crippen LogP contribution in [0, 0.1) is 5.41 Å². The Kier molecular flexibility index (Phi) is 6.68. The van der Waals surface area contributed by atoms with Gasteiger partial charge in [0.1, 0.15) is 10.8 Å². The van der Waals surface area contributed by atoms with E-state index in [2.05, 4.69) is 97.0 Å². The largest absolute Gasteiger partial charge is 0.271 e. The van der Waals surface area contributed by atoms with Crippen molar-refractivity contribution in [3.63, 3.8) is 0 Å². The number of para-hydroxylation sites is 1. The number of thioether (sulfide) groups is 1. The molecule has 0 fully saturated rings. The highest BCUT2D eigenvalue weighted by Crippen LogP contribution is 2.37. The molecule has 2 nitrogen and oxygen atoms in total. The molecule has 0 saturated carbocycles. The summed E-state index contributed by atoms with van der Waals surface area (Å²) in [6.07, 6.45) is 0. The molecule has 0 bridgehead atoms. The van der Waals surface area contributed by atoms with E-state index in [1.54, 1.807) is 0 Å². The molecule has 0 saturated heterocycles. The third-order valence-corrected chi connectivity index (χ3v) is 6.52. The van der Waals surface area contributed by atoms with Crippen molar-refractivity contribution in [1.82, 2.24) is 0 Å². The first-order chi connectivity index (χ1) is 13.7. The molecule has 1 aliphatic rings. The van der Waals surface area contributed by atoms with Crippen LogP contribution in [0.4, 0.5) is 5.69 Å². The Hall–Kier alpha value is -1.87. The summed E-state index contributed by atoms with van der Waals surface area (Å²) in [6.45, 7) is 15.8. The number of hydrogen-bond acceptors (Lipinski definition) is 3. The van der Waals surface area contributed by atoms with Gasteiger partial charge in [0.05, 0.1) is 11.7 Å². The first kappa shape index (κ1) is 21.8. The highest BCUT2D eigenvalue weighted by molar-refractivity contribution is 8.16. The van der Waals surface area contributed by atoms with Crippen LogP contribution in [0.3, 0.4) is 0 Å². The van der Waals surface area contributed by atoms with Crippen molar-refractivity contribution in [3.8, 4) is 0 Å². The number of benzene rings is 2. The molecule has 1 aliphatic heterocycles. The van der Waals surface area contributed by atoms with Gasteiger partial charge in [0, 0.05) is 11.3 Å². The Morgan fingerprint density at radius 2 is 1.52 bits per heavy atom. The van der Waals surface area contributed by atoms with E-state index in [-0.39, 0.29) is 5.41 Å². The predicted octanol–water partition coefficient (Wildman–Crippen LogP) is 7.61. The molecule has 2 aromatic carbocycles. The second-order valence-electron chi connectivity index (χ2n) is 9.55. The lowest BCUT2D eigenvalue weighted by Gasteiger charge is -2.23. The zero-order chi connectivity index (χ0) is 21.2. The minimum atomic E-state index is 0.162. The predicted molar refractivity (Wildman–Crippen MR) is 130 cm³/mol. The van der Waals surface area contributed by atoms with E-state index in [1.807, 2.05) is 11.8 Å². The number of nitrogens with zero attached hydrogens (tertiary/aromatic N) is 2. The van der Waals surface area contributed by atoms with Gasteiger partial charge < -0.3 is 0 Å². The Labute approximate surface area is 181 Å². The maximum atomic E-state index is 5.33. The van der Waals surface area contributed by atoms with Crippen LogP contribution in [-0.4, -0.2) is 22.6 Å². The van der Waals surface area contributed by atoms with E-state index in [4.69, 9.17) is 9.98 Å². The van der Waals surface area contributed by atoms with Crippen LogP contribution in [0.15, 0.2) is 58.5 Å². The van der Waals surface area contributed by atoms with Crippen molar-refractivity contribution in [3.05, 3.63) is 65.2 Å². The standard InChI is InChI=1S/C26H34N2S/c1-17(2)20-14-11-15-21(18(3)4)24(20)28-23(19-12-9-8-10-13-19)25-27-22(16-29-25)26(5,6)7/h8-15,17-18,22H,16H2,1-7H3/b28-23+/t22-/m1/s1. The van der Waals surface area contributed by atoms with Crippen LogP contribution in [0.1, 0.15) is 77.0 Å². The van der Waals surface area contributed by atoms with Crippen molar-refractivity contribution in [2.24, 2.45) is 15.4 Å². The maximum absolute atomic E-state index is 5.33. The van der Waals surface area contributed by atoms with Gasteiger partial charge in [-0.25, -0.2) is 4.99 Å². The van der Waals surface area contributed by atoms with Crippen LogP contribution in [0.25, 0.3) is 0 Å². The minimum absolute atomic E-state index is 0.162. The van der Waals surface area contributed by atoms with E-state index in [9.17, 15) is 0 Å². The van der Waals surface area contributed by atoms with Gasteiger partial charge in [0.15, 0.2) is 0 Å². The Bertz CT molecular complexity index is 876. The zero-order valence-electron chi connectivity index (χ0n) is 18.9. The fraction of sp³-hybridized carbons (Fsp3) is 0.462. The van der Waals surface area contributed by atoms with Gasteiger partial charge in [-0.05, 0) is 28.4 Å². The summed E-state index contributed by atoms with van der Waals surface area (Å²) in [5, 5.41) is 1.07. The van der Waals surface area contributed by atoms with E-state index in [1.165, 1.54) is 11.1 Å². The molecule has 29 heavy (non-hydrogen) atoms. The minimum Gasteiger partial charge on any atom is -0.271 e. The molecule has 0 aromatic heterocycles. The van der Waals surface area contributed by atoms with Gasteiger partial charge in [0.2, 0.25) is 0 Å². The first-order valence-electron chi connectivity index (χ1n) is 10.7. The van der Waals surface area contributed by atoms with Crippen molar-refractivity contribution >= 4 is 28.2 Å². The molecule has 154 valence electrons. The molecule has 0 amide bonds. The van der Waals surface area contributed by atoms with Crippen LogP contribution < -0.4 is 0 Å². The van der Waals surface area contributed by atoms with Gasteiger partial charge in [-0.3, -0.25) is 4.99 Å². The van der Waals surface area contributed by atoms with E-state index in [0.29, 0.717) is 17.9 Å². The maximum Gasteiger partial charge on any atom is 0.117 e. The number of rotatable bonds is 5. The summed E-state index contributed by atoms with van der Waals surface area (Å²) >= 11 is 1.85. The SMILES string of the molecule is CC(C)c1cccc(C(C)C)c1/N=C(/C1=N[C@@H](C(C)(C)C)CS1)c1ccccc1. The fourth-order valence-electron chi connectivity index (χ4n) is 3.53. The molecule has 0 aliphatic carbocycles. The van der Waals surface area contributed by atoms with E-state index in [0.717, 1.165) is 27.8 Å². The fourth-order valence-corrected chi connectivity index (χ4v) is 4.92. The highest BCUT2D eigenvalue weighted by atomic mass is 32.2. The van der Waals surface area contributed by atoms with Gasteiger partial charge in [-0.1, -0.05) is 97.0 Å². The van der Waals surface area contributed by atoms with Crippen LogP contribution in [0.5, 0.6) is 0 Å². The van der Waals surface area contributed by atoms with Crippen molar-refractivity contribution in [2.45, 2.75) is 66.3 Å². The van der Waals surface area contributed by atoms with Crippen molar-refractivity contribution in [2.75, 3.05) is 5.75 Å². The lowest BCUT2D eigenvalue weighted by Crippen LogP contribution is -2.24. The lowest BCUT2D eigenvalue weighted by molar-refractivity contribution is 0.349. The normalized spacial score (nSPS) is 17.9. The molecule has 0 unspecified atom stereocenters. The van der Waals surface area contributed by atoms with E-state index >= 15 is 0 Å². The molecule has 1 heterocycles. The lowest BCUT2D eigenvalue weighted by atomic mass is 9.88. The summed E-state index contributed by atoms with van der Waals surface area (Å²) < 4.78 is 0. The molecule has 1 atom stereocenters. The molecule has 2 aromatic rings. The quantitative estimate of drug-likeness (QED) is 0.469. The third-order valence-electron chi connectivity index (χ3n) is 5.47. The van der Waals surface area contributed by atoms with Crippen LogP contribution in [-0.2, 0) is 0 Å². The third kappa shape index (κ3) is 5.01. The first-order valence-corrected chi connectivity index (χ1v) is 11.6. The number of aliphatic imine (C=N–C) groups is 2. The Balaban J connectivity index is 2.21. The molecule has 3 heteroatoms. The average molecular weight is 407 g/mol. The molecule has 0 radical (unpaired) electrons. The molecule has 3 rings (SSSR count). The summed E-state index contributed by atoms with van der Waals surface area (Å²) in [6, 6.07) is 17.5. The Morgan fingerprint density at radius 1 is 0.931 bits per heavy atom. The summed E-state index contributed by atoms with van der Waals surface area (Å²) in [5.74, 6) is 1.86. The van der Waals surface area contributed by atoms with Crippen LogP contribution in [0.2, 0.25) is 0 Å². The van der Waals surface area contributed by atoms with Gasteiger partial charge in [-0.2, -0.15) is 0 Å². The summed E-state index contributed by atoms with van der Waals surface area (Å²) in [4.78, 5) is 10.5. The molecular weight excluding hydrogens is 372 g/mol. The molecule has 0 spiro atoms. The average Bonchev–Trinajstić information content (AvgIpc) is 3.16. The molecular formula is C26H34N2S. The smallest absolute Gasteiger partial charge is 0.117 e. The van der Waals surface area contributed by atoms with Crippen molar-refractivity contribution < 1.29 is 0 Å². The van der Waals surface area contributed by atoms with Crippen LogP contribution >= 0.6 is 11.8 Å². The molecule has 0 N–H and O–H groups in total. The van der Waals surface area contributed by atoms with Gasteiger partial charge >= 0.3 is 0 Å². The summed E-state index contributed by atoms with van der Waals surface area (Å²) in [7, 11) is 0. The second kappa shape index (κ2) is 8.87. The Morgan fingerprint density at radius 3 is 2.00 bits per heavy atom. The topological polar surface area (TPSA) is 24.7 Å².